The highest BCUT2D eigenvalue weighted by Crippen LogP contribution is 2.19. The maximum absolute atomic E-state index is 11.7. The third kappa shape index (κ3) is 0.729. The Labute approximate surface area is 79.2 Å². The van der Waals surface area contributed by atoms with Crippen LogP contribution in [-0.4, -0.2) is 25.6 Å². The molecule has 3 rings (SSSR count). The third-order valence-electron chi connectivity index (χ3n) is 2.54. The number of aromatic nitrogens is 4. The predicted molar refractivity (Wildman–Crippen MR) is 51.3 cm³/mol. The molecule has 0 spiro atoms. The summed E-state index contributed by atoms with van der Waals surface area (Å²) >= 11 is 0. The van der Waals surface area contributed by atoms with Crippen molar-refractivity contribution in [3.63, 3.8) is 0 Å². The number of aryl methyl sites for hydroxylation is 1. The fourth-order valence-corrected chi connectivity index (χ4v) is 1.85. The Hall–Kier alpha value is -1.85. The molecule has 0 amide bonds. The summed E-state index contributed by atoms with van der Waals surface area (Å²) in [6.07, 6.45) is 1.47. The third-order valence-corrected chi connectivity index (χ3v) is 2.54. The maximum Gasteiger partial charge on any atom is 0.330 e. The Morgan fingerprint density at radius 2 is 2.36 bits per heavy atom. The second-order valence-electron chi connectivity index (χ2n) is 3.31. The molecular formula is C8H9N5O. The lowest BCUT2D eigenvalue weighted by atomic mass is 10.4. The van der Waals surface area contributed by atoms with E-state index in [0.29, 0.717) is 12.2 Å². The molecule has 2 aromatic heterocycles. The highest BCUT2D eigenvalue weighted by molar-refractivity contribution is 5.84. The number of hydrogen-bond acceptors (Lipinski definition) is 4. The van der Waals surface area contributed by atoms with Crippen LogP contribution in [0.4, 0.5) is 5.82 Å². The molecule has 1 aliphatic rings. The number of nitrogens with one attached hydrogen (secondary N) is 1. The van der Waals surface area contributed by atoms with Gasteiger partial charge in [-0.05, 0) is 0 Å². The summed E-state index contributed by atoms with van der Waals surface area (Å²) in [7, 11) is 1.73. The lowest BCUT2D eigenvalue weighted by Gasteiger charge is -2.13. The molecule has 0 unspecified atom stereocenters. The number of nitrogens with zero attached hydrogens (tertiary/aromatic N) is 4. The molecule has 72 valence electrons. The Kier molecular flexibility index (Phi) is 1.26. The van der Waals surface area contributed by atoms with E-state index in [1.54, 1.807) is 16.2 Å². The Morgan fingerprint density at radius 3 is 3.21 bits per heavy atom. The van der Waals surface area contributed by atoms with Crippen molar-refractivity contribution in [1.82, 2.24) is 19.1 Å². The van der Waals surface area contributed by atoms with Crippen LogP contribution >= 0.6 is 0 Å². The molecule has 1 aliphatic heterocycles. The van der Waals surface area contributed by atoms with E-state index in [1.807, 2.05) is 0 Å². The Bertz CT molecular complexity index is 567. The first-order valence-corrected chi connectivity index (χ1v) is 4.43. The minimum absolute atomic E-state index is 0.0248. The van der Waals surface area contributed by atoms with Gasteiger partial charge in [0.2, 0.25) is 0 Å². The van der Waals surface area contributed by atoms with Gasteiger partial charge < -0.3 is 5.32 Å². The number of anilines is 1. The van der Waals surface area contributed by atoms with Gasteiger partial charge in [0.1, 0.15) is 11.8 Å². The van der Waals surface area contributed by atoms with Gasteiger partial charge in [-0.2, -0.15) is 0 Å². The lowest BCUT2D eigenvalue weighted by molar-refractivity contribution is 0.677. The monoisotopic (exact) mass is 191 g/mol. The summed E-state index contributed by atoms with van der Waals surface area (Å²) in [5.41, 5.74) is 1.47. The van der Waals surface area contributed by atoms with Crippen molar-refractivity contribution in [3.05, 3.63) is 16.8 Å². The quantitative estimate of drug-likeness (QED) is 0.613. The van der Waals surface area contributed by atoms with Gasteiger partial charge in [-0.1, -0.05) is 0 Å². The van der Waals surface area contributed by atoms with E-state index in [2.05, 4.69) is 15.3 Å². The van der Waals surface area contributed by atoms with Crippen LogP contribution in [0, 0.1) is 0 Å². The highest BCUT2D eigenvalue weighted by Gasteiger charge is 2.18. The molecule has 0 aromatic carbocycles. The van der Waals surface area contributed by atoms with Crippen molar-refractivity contribution >= 4 is 17.0 Å². The molecule has 2 aromatic rings. The van der Waals surface area contributed by atoms with Crippen molar-refractivity contribution in [2.24, 2.45) is 7.05 Å². The van der Waals surface area contributed by atoms with Gasteiger partial charge in [-0.25, -0.2) is 14.8 Å². The summed E-state index contributed by atoms with van der Waals surface area (Å²) in [6, 6.07) is 0. The zero-order chi connectivity index (χ0) is 9.71. The number of rotatable bonds is 0. The average Bonchev–Trinajstić information content (AvgIpc) is 2.47. The molecule has 0 fully saturated rings. The smallest absolute Gasteiger partial charge is 0.330 e. The summed E-state index contributed by atoms with van der Waals surface area (Å²) in [5.74, 6) is 0.749. The van der Waals surface area contributed by atoms with Crippen LogP contribution in [0.25, 0.3) is 11.2 Å². The van der Waals surface area contributed by atoms with Gasteiger partial charge in [0, 0.05) is 20.1 Å². The zero-order valence-corrected chi connectivity index (χ0v) is 7.69. The molecule has 6 nitrogen and oxygen atoms in total. The van der Waals surface area contributed by atoms with Gasteiger partial charge in [-0.15, -0.1) is 0 Å². The standard InChI is InChI=1S/C8H9N5O/c1-12-7-5-6(10-4-11-7)9-2-3-13(5)8(12)14/h4H,2-3H2,1H3,(H,9,10,11). The zero-order valence-electron chi connectivity index (χ0n) is 7.69. The second kappa shape index (κ2) is 2.34. The van der Waals surface area contributed by atoms with E-state index in [4.69, 9.17) is 0 Å². The van der Waals surface area contributed by atoms with E-state index in [-0.39, 0.29) is 5.69 Å². The van der Waals surface area contributed by atoms with Crippen LogP contribution in [-0.2, 0) is 13.6 Å². The SMILES string of the molecule is Cn1c(=O)n2c3c(ncnc31)NCC2. The molecule has 6 heteroatoms. The van der Waals surface area contributed by atoms with Crippen LogP contribution in [0.1, 0.15) is 0 Å². The molecular weight excluding hydrogens is 182 g/mol. The molecule has 0 bridgehead atoms. The Balaban J connectivity index is 2.61. The first kappa shape index (κ1) is 7.54. The molecule has 0 saturated heterocycles. The summed E-state index contributed by atoms with van der Waals surface area (Å²) in [6.45, 7) is 1.42. The minimum Gasteiger partial charge on any atom is -0.366 e. The van der Waals surface area contributed by atoms with E-state index in [9.17, 15) is 4.79 Å². The first-order valence-electron chi connectivity index (χ1n) is 4.43. The highest BCUT2D eigenvalue weighted by atomic mass is 16.1. The molecule has 0 radical (unpaired) electrons. The lowest BCUT2D eigenvalue weighted by Crippen LogP contribution is -2.27. The van der Waals surface area contributed by atoms with Crippen molar-refractivity contribution < 1.29 is 0 Å². The first-order chi connectivity index (χ1) is 6.79. The number of imidazole rings is 1. The molecule has 1 N–H and O–H groups in total. The summed E-state index contributed by atoms with van der Waals surface area (Å²) in [5, 5.41) is 3.14. The topological polar surface area (TPSA) is 64.7 Å². The Morgan fingerprint density at radius 1 is 1.50 bits per heavy atom. The molecule has 14 heavy (non-hydrogen) atoms. The second-order valence-corrected chi connectivity index (χ2v) is 3.31. The van der Waals surface area contributed by atoms with Crippen LogP contribution in [0.5, 0.6) is 0 Å². The molecule has 0 aliphatic carbocycles. The van der Waals surface area contributed by atoms with Crippen molar-refractivity contribution in [3.8, 4) is 0 Å². The van der Waals surface area contributed by atoms with Gasteiger partial charge in [0.05, 0.1) is 0 Å². The van der Waals surface area contributed by atoms with Crippen LogP contribution in [0.3, 0.4) is 0 Å². The van der Waals surface area contributed by atoms with Gasteiger partial charge in [-0.3, -0.25) is 9.13 Å². The van der Waals surface area contributed by atoms with E-state index in [1.165, 1.54) is 6.33 Å². The van der Waals surface area contributed by atoms with Gasteiger partial charge in [0.25, 0.3) is 0 Å². The van der Waals surface area contributed by atoms with Gasteiger partial charge >= 0.3 is 5.69 Å². The summed E-state index contributed by atoms with van der Waals surface area (Å²) in [4.78, 5) is 19.9. The molecule has 0 atom stereocenters. The van der Waals surface area contributed by atoms with Crippen molar-refractivity contribution in [2.75, 3.05) is 11.9 Å². The molecule has 0 saturated carbocycles. The van der Waals surface area contributed by atoms with Crippen molar-refractivity contribution in [1.29, 1.82) is 0 Å². The van der Waals surface area contributed by atoms with Crippen LogP contribution < -0.4 is 11.0 Å². The normalized spacial score (nSPS) is 14.4. The van der Waals surface area contributed by atoms with E-state index < -0.39 is 0 Å². The van der Waals surface area contributed by atoms with E-state index >= 15 is 0 Å². The summed E-state index contributed by atoms with van der Waals surface area (Å²) < 4.78 is 3.26. The fraction of sp³-hybridized carbons (Fsp3) is 0.375. The van der Waals surface area contributed by atoms with Crippen molar-refractivity contribution in [2.45, 2.75) is 6.54 Å². The van der Waals surface area contributed by atoms with Crippen LogP contribution in [0.15, 0.2) is 11.1 Å². The largest absolute Gasteiger partial charge is 0.366 e. The van der Waals surface area contributed by atoms with E-state index in [0.717, 1.165) is 17.9 Å². The number of hydrogen-bond donors (Lipinski definition) is 1. The minimum atomic E-state index is -0.0248. The van der Waals surface area contributed by atoms with Crippen LogP contribution in [0.2, 0.25) is 0 Å². The maximum atomic E-state index is 11.7. The predicted octanol–water partition coefficient (Wildman–Crippen LogP) is -0.445. The average molecular weight is 191 g/mol. The van der Waals surface area contributed by atoms with Gasteiger partial charge in [0.15, 0.2) is 11.5 Å². The fourth-order valence-electron chi connectivity index (χ4n) is 1.85. The molecule has 3 heterocycles.